The maximum Gasteiger partial charge on any atom is 0.253 e. The molecule has 3 N–H and O–H groups in total. The van der Waals surface area contributed by atoms with Crippen LogP contribution in [-0.4, -0.2) is 49.3 Å². The summed E-state index contributed by atoms with van der Waals surface area (Å²) in [4.78, 5) is 38.4. The molecular formula is C24H29ClN4O3. The maximum absolute atomic E-state index is 12.7. The standard InChI is InChI=1S/C24H29ClN4O3/c1-29(2)24(32)16-8-10-18(11-9-16)27-22(30)15-26-19-12-13-21(25)20(14-19)23(31)28-17-6-4-3-5-7-17/h8-14,17,26H,3-7,15H2,1-2H3,(H,27,30)(H,28,31). The quantitative estimate of drug-likeness (QED) is 0.583. The minimum absolute atomic E-state index is 0.0176. The molecule has 0 aromatic heterocycles. The highest BCUT2D eigenvalue weighted by molar-refractivity contribution is 6.34. The predicted octanol–water partition coefficient (Wildman–Crippen LogP) is 4.15. The summed E-state index contributed by atoms with van der Waals surface area (Å²) in [6.45, 7) is 0.0176. The van der Waals surface area contributed by atoms with Crippen molar-refractivity contribution in [3.8, 4) is 0 Å². The van der Waals surface area contributed by atoms with E-state index in [2.05, 4.69) is 16.0 Å². The number of hydrogen-bond acceptors (Lipinski definition) is 4. The Labute approximate surface area is 193 Å². The van der Waals surface area contributed by atoms with Crippen LogP contribution in [0.4, 0.5) is 11.4 Å². The average Bonchev–Trinajstić information content (AvgIpc) is 2.79. The summed E-state index contributed by atoms with van der Waals surface area (Å²) in [5, 5.41) is 9.24. The summed E-state index contributed by atoms with van der Waals surface area (Å²) in [7, 11) is 3.37. The second-order valence-corrected chi connectivity index (χ2v) is 8.59. The van der Waals surface area contributed by atoms with Crippen LogP contribution in [0.5, 0.6) is 0 Å². The van der Waals surface area contributed by atoms with Crippen molar-refractivity contribution in [1.29, 1.82) is 0 Å². The number of amides is 3. The molecule has 0 saturated heterocycles. The highest BCUT2D eigenvalue weighted by Crippen LogP contribution is 2.23. The molecule has 3 rings (SSSR count). The number of nitrogens with zero attached hydrogens (tertiary/aromatic N) is 1. The molecule has 2 aromatic carbocycles. The molecule has 32 heavy (non-hydrogen) atoms. The van der Waals surface area contributed by atoms with E-state index in [-0.39, 0.29) is 30.3 Å². The van der Waals surface area contributed by atoms with Gasteiger partial charge in [0.05, 0.1) is 17.1 Å². The Kier molecular flexibility index (Phi) is 8.11. The van der Waals surface area contributed by atoms with E-state index in [9.17, 15) is 14.4 Å². The molecule has 1 aliphatic carbocycles. The van der Waals surface area contributed by atoms with Crippen molar-refractivity contribution < 1.29 is 14.4 Å². The zero-order chi connectivity index (χ0) is 23.1. The molecule has 2 aromatic rings. The highest BCUT2D eigenvalue weighted by atomic mass is 35.5. The smallest absolute Gasteiger partial charge is 0.253 e. The number of nitrogens with one attached hydrogen (secondary N) is 3. The van der Waals surface area contributed by atoms with Crippen molar-refractivity contribution in [2.24, 2.45) is 0 Å². The largest absolute Gasteiger partial charge is 0.376 e. The molecule has 0 radical (unpaired) electrons. The fourth-order valence-electron chi connectivity index (χ4n) is 3.66. The summed E-state index contributed by atoms with van der Waals surface area (Å²) in [5.41, 5.74) is 2.16. The SMILES string of the molecule is CN(C)C(=O)c1ccc(NC(=O)CNc2ccc(Cl)c(C(=O)NC3CCCCC3)c2)cc1. The van der Waals surface area contributed by atoms with Gasteiger partial charge in [0.2, 0.25) is 5.91 Å². The lowest BCUT2D eigenvalue weighted by Crippen LogP contribution is -2.36. The zero-order valence-corrected chi connectivity index (χ0v) is 19.2. The number of hydrogen-bond donors (Lipinski definition) is 3. The van der Waals surface area contributed by atoms with Gasteiger partial charge in [0.15, 0.2) is 0 Å². The van der Waals surface area contributed by atoms with E-state index in [1.165, 1.54) is 11.3 Å². The predicted molar refractivity (Wildman–Crippen MR) is 127 cm³/mol. The molecule has 3 amide bonds. The van der Waals surface area contributed by atoms with Crippen molar-refractivity contribution in [1.82, 2.24) is 10.2 Å². The lowest BCUT2D eigenvalue weighted by atomic mass is 9.95. The minimum Gasteiger partial charge on any atom is -0.376 e. The molecule has 0 unspecified atom stereocenters. The molecule has 8 heteroatoms. The van der Waals surface area contributed by atoms with Gasteiger partial charge in [0.25, 0.3) is 11.8 Å². The normalized spacial score (nSPS) is 13.8. The number of carbonyl (C=O) groups excluding carboxylic acids is 3. The van der Waals surface area contributed by atoms with Gasteiger partial charge in [0, 0.05) is 37.1 Å². The molecule has 0 heterocycles. The van der Waals surface area contributed by atoms with Crippen molar-refractivity contribution in [2.75, 3.05) is 31.3 Å². The number of carbonyl (C=O) groups is 3. The number of rotatable bonds is 7. The van der Waals surface area contributed by atoms with Crippen molar-refractivity contribution >= 4 is 40.7 Å². The van der Waals surface area contributed by atoms with Crippen LogP contribution in [-0.2, 0) is 4.79 Å². The van der Waals surface area contributed by atoms with Gasteiger partial charge >= 0.3 is 0 Å². The van der Waals surface area contributed by atoms with Gasteiger partial charge in [-0.15, -0.1) is 0 Å². The fourth-order valence-corrected chi connectivity index (χ4v) is 3.86. The summed E-state index contributed by atoms with van der Waals surface area (Å²) in [5.74, 6) is -0.544. The van der Waals surface area contributed by atoms with Crippen molar-refractivity contribution in [3.05, 3.63) is 58.6 Å². The van der Waals surface area contributed by atoms with E-state index in [1.54, 1.807) is 56.6 Å². The topological polar surface area (TPSA) is 90.5 Å². The van der Waals surface area contributed by atoms with E-state index in [4.69, 9.17) is 11.6 Å². The van der Waals surface area contributed by atoms with Gasteiger partial charge in [0.1, 0.15) is 0 Å². The molecule has 0 atom stereocenters. The van der Waals surface area contributed by atoms with Gasteiger partial charge in [-0.2, -0.15) is 0 Å². The van der Waals surface area contributed by atoms with Crippen molar-refractivity contribution in [3.63, 3.8) is 0 Å². The number of benzene rings is 2. The molecule has 170 valence electrons. The van der Waals surface area contributed by atoms with E-state index >= 15 is 0 Å². The third-order valence-electron chi connectivity index (χ3n) is 5.43. The van der Waals surface area contributed by atoms with Gasteiger partial charge in [-0.25, -0.2) is 0 Å². The molecule has 7 nitrogen and oxygen atoms in total. The Bertz CT molecular complexity index is 970. The molecule has 0 aliphatic heterocycles. The third-order valence-corrected chi connectivity index (χ3v) is 5.76. The Balaban J connectivity index is 1.54. The van der Waals surface area contributed by atoms with Crippen LogP contribution in [0, 0.1) is 0 Å². The molecule has 1 aliphatic rings. The highest BCUT2D eigenvalue weighted by Gasteiger charge is 2.18. The first-order valence-electron chi connectivity index (χ1n) is 10.8. The van der Waals surface area contributed by atoms with E-state index in [0.717, 1.165) is 25.7 Å². The van der Waals surface area contributed by atoms with Gasteiger partial charge < -0.3 is 20.9 Å². The Morgan fingerprint density at radius 1 is 0.969 bits per heavy atom. The second kappa shape index (κ2) is 11.0. The molecule has 1 fully saturated rings. The lowest BCUT2D eigenvalue weighted by Gasteiger charge is -2.23. The summed E-state index contributed by atoms with van der Waals surface area (Å²) >= 11 is 6.24. The van der Waals surface area contributed by atoms with Crippen molar-refractivity contribution in [2.45, 2.75) is 38.1 Å². The number of anilines is 2. The van der Waals surface area contributed by atoms with Gasteiger partial charge in [-0.3, -0.25) is 14.4 Å². The number of halogens is 1. The van der Waals surface area contributed by atoms with E-state index in [1.807, 2.05) is 0 Å². The minimum atomic E-state index is -0.250. The molecule has 0 spiro atoms. The Morgan fingerprint density at radius 3 is 2.28 bits per heavy atom. The molecule has 0 bridgehead atoms. The first kappa shape index (κ1) is 23.6. The summed E-state index contributed by atoms with van der Waals surface area (Å²) in [6.07, 6.45) is 5.46. The summed E-state index contributed by atoms with van der Waals surface area (Å²) < 4.78 is 0. The zero-order valence-electron chi connectivity index (χ0n) is 18.4. The molecule has 1 saturated carbocycles. The van der Waals surface area contributed by atoms with Gasteiger partial charge in [-0.05, 0) is 55.3 Å². The Morgan fingerprint density at radius 2 is 1.62 bits per heavy atom. The monoisotopic (exact) mass is 456 g/mol. The maximum atomic E-state index is 12.7. The lowest BCUT2D eigenvalue weighted by molar-refractivity contribution is -0.114. The van der Waals surface area contributed by atoms with Crippen LogP contribution in [0.15, 0.2) is 42.5 Å². The third kappa shape index (κ3) is 6.47. The van der Waals surface area contributed by atoms with Crippen LogP contribution >= 0.6 is 11.6 Å². The van der Waals surface area contributed by atoms with Crippen LogP contribution in [0.25, 0.3) is 0 Å². The van der Waals surface area contributed by atoms with E-state index < -0.39 is 0 Å². The van der Waals surface area contributed by atoms with Gasteiger partial charge in [-0.1, -0.05) is 30.9 Å². The van der Waals surface area contributed by atoms with Crippen LogP contribution < -0.4 is 16.0 Å². The Hall–Kier alpha value is -3.06. The summed E-state index contributed by atoms with van der Waals surface area (Å²) in [6, 6.07) is 11.9. The first-order valence-corrected chi connectivity index (χ1v) is 11.2. The fraction of sp³-hybridized carbons (Fsp3) is 0.375. The van der Waals surface area contributed by atoms with Crippen LogP contribution in [0.1, 0.15) is 52.8 Å². The molecular weight excluding hydrogens is 428 g/mol. The first-order chi connectivity index (χ1) is 15.3. The average molecular weight is 457 g/mol. The van der Waals surface area contributed by atoms with Crippen LogP contribution in [0.3, 0.4) is 0 Å². The van der Waals surface area contributed by atoms with E-state index in [0.29, 0.717) is 27.5 Å². The second-order valence-electron chi connectivity index (χ2n) is 8.18. The van der Waals surface area contributed by atoms with Crippen LogP contribution in [0.2, 0.25) is 5.02 Å².